The molecule has 6 rings (SSSR count). The van der Waals surface area contributed by atoms with Crippen molar-refractivity contribution in [2.24, 2.45) is 17.8 Å². The van der Waals surface area contributed by atoms with E-state index in [9.17, 15) is 9.90 Å². The molecule has 2 aromatic rings. The van der Waals surface area contributed by atoms with Gasteiger partial charge < -0.3 is 10.0 Å². The number of carboxylic acid groups (broad SMARTS) is 1. The maximum absolute atomic E-state index is 12.3. The van der Waals surface area contributed by atoms with Crippen molar-refractivity contribution in [3.63, 3.8) is 0 Å². The van der Waals surface area contributed by atoms with Crippen LogP contribution in [-0.2, 0) is 0 Å². The number of piperidine rings is 3. The van der Waals surface area contributed by atoms with Crippen LogP contribution in [0, 0.1) is 17.8 Å². The summed E-state index contributed by atoms with van der Waals surface area (Å²) in [6.07, 6.45) is 1.45. The fraction of sp³-hybridized carbons (Fsp3) is 0.474. The van der Waals surface area contributed by atoms with E-state index in [1.165, 1.54) is 17.9 Å². The predicted molar refractivity (Wildman–Crippen MR) is 98.0 cm³/mol. The molecule has 1 N–H and O–H groups in total. The van der Waals surface area contributed by atoms with Crippen molar-refractivity contribution in [2.45, 2.75) is 18.9 Å². The Kier molecular flexibility index (Phi) is 3.57. The first-order valence-electron chi connectivity index (χ1n) is 8.94. The average molecular weight is 355 g/mol. The van der Waals surface area contributed by atoms with Crippen LogP contribution in [0.5, 0.6) is 0 Å². The van der Waals surface area contributed by atoms with Gasteiger partial charge in [-0.15, -0.1) is 11.3 Å². The second kappa shape index (κ2) is 5.81. The zero-order valence-corrected chi connectivity index (χ0v) is 14.7. The lowest BCUT2D eigenvalue weighted by Gasteiger charge is -2.57. The maximum atomic E-state index is 12.3. The summed E-state index contributed by atoms with van der Waals surface area (Å²) in [7, 11) is 0. The van der Waals surface area contributed by atoms with Gasteiger partial charge in [0.25, 0.3) is 0 Å². The summed E-state index contributed by atoms with van der Waals surface area (Å²) < 4.78 is 0. The number of anilines is 1. The summed E-state index contributed by atoms with van der Waals surface area (Å²) in [4.78, 5) is 21.9. The molecule has 25 heavy (non-hydrogen) atoms. The van der Waals surface area contributed by atoms with Crippen LogP contribution in [-0.4, -0.2) is 46.8 Å². The average Bonchev–Trinajstić information content (AvgIpc) is 3.07. The first-order chi connectivity index (χ1) is 12.2. The second-order valence-corrected chi connectivity index (χ2v) is 8.45. The third-order valence-electron chi connectivity index (χ3n) is 6.06. The van der Waals surface area contributed by atoms with E-state index in [0.717, 1.165) is 42.3 Å². The molecule has 4 aliphatic rings. The SMILES string of the molecule is O=C(O)N(c1ncsc1-c1ccccc1)C1C2CC3CC1CN(C3)C2. The van der Waals surface area contributed by atoms with Crippen molar-refractivity contribution >= 4 is 23.2 Å². The molecule has 2 atom stereocenters. The number of amides is 1. The molecular formula is C19H21N3O2S. The van der Waals surface area contributed by atoms with Gasteiger partial charge in [-0.1, -0.05) is 30.3 Å². The summed E-state index contributed by atoms with van der Waals surface area (Å²) in [5.74, 6) is 2.25. The van der Waals surface area contributed by atoms with Crippen molar-refractivity contribution in [1.82, 2.24) is 9.88 Å². The fourth-order valence-corrected chi connectivity index (χ4v) is 6.15. The number of hydrogen-bond donors (Lipinski definition) is 1. The van der Waals surface area contributed by atoms with E-state index in [2.05, 4.69) is 9.88 Å². The van der Waals surface area contributed by atoms with E-state index >= 15 is 0 Å². The highest BCUT2D eigenvalue weighted by atomic mass is 32.1. The molecule has 0 spiro atoms. The van der Waals surface area contributed by atoms with Crippen molar-refractivity contribution in [3.05, 3.63) is 35.8 Å². The molecule has 1 aromatic carbocycles. The van der Waals surface area contributed by atoms with Crippen molar-refractivity contribution in [1.29, 1.82) is 0 Å². The number of nitrogens with zero attached hydrogens (tertiary/aromatic N) is 3. The predicted octanol–water partition coefficient (Wildman–Crippen LogP) is 3.63. The zero-order chi connectivity index (χ0) is 17.0. The van der Waals surface area contributed by atoms with Gasteiger partial charge in [-0.2, -0.15) is 0 Å². The molecule has 1 aromatic heterocycles. The summed E-state index contributed by atoms with van der Waals surface area (Å²) in [5, 5.41) is 10.1. The largest absolute Gasteiger partial charge is 0.465 e. The number of aromatic nitrogens is 1. The number of rotatable bonds is 3. The Bertz CT molecular complexity index is 763. The minimum atomic E-state index is -0.865. The highest BCUT2D eigenvalue weighted by Crippen LogP contribution is 2.47. The highest BCUT2D eigenvalue weighted by Gasteiger charge is 2.51. The second-order valence-electron chi connectivity index (χ2n) is 7.59. The van der Waals surface area contributed by atoms with Gasteiger partial charge in [0.1, 0.15) is 0 Å². The van der Waals surface area contributed by atoms with Crippen molar-refractivity contribution in [3.8, 4) is 10.4 Å². The third kappa shape index (κ3) is 2.47. The van der Waals surface area contributed by atoms with Gasteiger partial charge in [-0.05, 0) is 36.2 Å². The van der Waals surface area contributed by atoms with Gasteiger partial charge >= 0.3 is 6.09 Å². The monoisotopic (exact) mass is 355 g/mol. The molecule has 3 aliphatic heterocycles. The molecule has 4 fully saturated rings. The van der Waals surface area contributed by atoms with Crippen LogP contribution in [0.25, 0.3) is 10.4 Å². The molecule has 1 amide bonds. The molecule has 130 valence electrons. The van der Waals surface area contributed by atoms with E-state index in [1.807, 2.05) is 30.3 Å². The molecular weight excluding hydrogens is 334 g/mol. The van der Waals surface area contributed by atoms with E-state index in [4.69, 9.17) is 0 Å². The number of carbonyl (C=O) groups is 1. The van der Waals surface area contributed by atoms with Gasteiger partial charge in [0, 0.05) is 25.7 Å². The first-order valence-corrected chi connectivity index (χ1v) is 9.82. The molecule has 2 unspecified atom stereocenters. The van der Waals surface area contributed by atoms with Crippen LogP contribution in [0.4, 0.5) is 10.6 Å². The van der Waals surface area contributed by atoms with Gasteiger partial charge in [0.15, 0.2) is 5.82 Å². The number of benzene rings is 1. The van der Waals surface area contributed by atoms with Gasteiger partial charge in [0.05, 0.1) is 10.4 Å². The molecule has 5 nitrogen and oxygen atoms in total. The van der Waals surface area contributed by atoms with E-state index in [-0.39, 0.29) is 6.04 Å². The van der Waals surface area contributed by atoms with E-state index in [0.29, 0.717) is 17.7 Å². The minimum absolute atomic E-state index is 0.0647. The highest BCUT2D eigenvalue weighted by molar-refractivity contribution is 7.13. The third-order valence-corrected chi connectivity index (χ3v) is 6.92. The van der Waals surface area contributed by atoms with Crippen LogP contribution in [0.3, 0.4) is 0 Å². The number of thiazole rings is 1. The van der Waals surface area contributed by atoms with Crippen LogP contribution in [0.2, 0.25) is 0 Å². The lowest BCUT2D eigenvalue weighted by molar-refractivity contribution is -0.0343. The van der Waals surface area contributed by atoms with Gasteiger partial charge in [-0.25, -0.2) is 9.78 Å². The van der Waals surface area contributed by atoms with Crippen molar-refractivity contribution < 1.29 is 9.90 Å². The Labute approximate surface area is 150 Å². The molecule has 4 heterocycles. The molecule has 1 saturated carbocycles. The first kappa shape index (κ1) is 15.3. The Hall–Kier alpha value is -1.92. The number of hydrogen-bond acceptors (Lipinski definition) is 4. The Balaban J connectivity index is 1.55. The van der Waals surface area contributed by atoms with E-state index in [1.54, 1.807) is 10.4 Å². The normalized spacial score (nSPS) is 32.7. The zero-order valence-electron chi connectivity index (χ0n) is 13.9. The summed E-state index contributed by atoms with van der Waals surface area (Å²) in [5.41, 5.74) is 2.81. The molecule has 1 aliphatic carbocycles. The Morgan fingerprint density at radius 2 is 1.88 bits per heavy atom. The molecule has 0 radical (unpaired) electrons. The maximum Gasteiger partial charge on any atom is 0.413 e. The topological polar surface area (TPSA) is 56.7 Å². The summed E-state index contributed by atoms with van der Waals surface area (Å²) in [6.45, 7) is 3.28. The Morgan fingerprint density at radius 1 is 1.16 bits per heavy atom. The lowest BCUT2D eigenvalue weighted by Crippen LogP contribution is -2.65. The minimum Gasteiger partial charge on any atom is -0.465 e. The van der Waals surface area contributed by atoms with Crippen LogP contribution < -0.4 is 4.90 Å². The van der Waals surface area contributed by atoms with Crippen LogP contribution in [0.15, 0.2) is 35.8 Å². The quantitative estimate of drug-likeness (QED) is 0.913. The van der Waals surface area contributed by atoms with Gasteiger partial charge in [0.2, 0.25) is 0 Å². The van der Waals surface area contributed by atoms with Crippen LogP contribution >= 0.6 is 11.3 Å². The van der Waals surface area contributed by atoms with Crippen LogP contribution in [0.1, 0.15) is 12.8 Å². The summed E-state index contributed by atoms with van der Waals surface area (Å²) >= 11 is 1.52. The molecule has 4 bridgehead atoms. The molecule has 6 heteroatoms. The standard InChI is InChI=1S/C19H21N3O2S/c23-19(24)22(16-14-6-12-7-15(16)10-21(8-12)9-14)18-17(25-11-20-18)13-4-2-1-3-5-13/h1-5,11-12,14-16H,6-10H2,(H,23,24). The molecule has 3 saturated heterocycles. The fourth-order valence-electron chi connectivity index (χ4n) is 5.36. The smallest absolute Gasteiger partial charge is 0.413 e. The van der Waals surface area contributed by atoms with E-state index < -0.39 is 6.09 Å². The lowest BCUT2D eigenvalue weighted by atomic mass is 9.64. The Morgan fingerprint density at radius 3 is 2.52 bits per heavy atom. The van der Waals surface area contributed by atoms with Crippen molar-refractivity contribution in [2.75, 3.05) is 24.5 Å². The summed E-state index contributed by atoms with van der Waals surface area (Å²) in [6, 6.07) is 10.1. The van der Waals surface area contributed by atoms with Gasteiger partial charge in [-0.3, -0.25) is 4.90 Å².